The largest absolute Gasteiger partial charge is 0.456 e. The van der Waals surface area contributed by atoms with Gasteiger partial charge in [0.1, 0.15) is 17.8 Å². The Morgan fingerprint density at radius 3 is 2.63 bits per heavy atom. The third kappa shape index (κ3) is 4.62. The number of hydrogen-bond acceptors (Lipinski definition) is 5. The van der Waals surface area contributed by atoms with Crippen molar-refractivity contribution in [3.8, 4) is 0 Å². The number of hydrogen-bond donors (Lipinski definition) is 1. The molecule has 0 unspecified atom stereocenters. The number of nitrogens with zero attached hydrogens (tertiary/aromatic N) is 3. The number of halogens is 4. The normalized spacial score (nSPS) is 11.5. The Morgan fingerprint density at radius 1 is 1.23 bits per heavy atom. The highest BCUT2D eigenvalue weighted by Gasteiger charge is 2.33. The molecule has 12 heteroatoms. The van der Waals surface area contributed by atoms with Gasteiger partial charge in [-0.15, -0.1) is 0 Å². The van der Waals surface area contributed by atoms with Crippen LogP contribution in [0.25, 0.3) is 5.65 Å². The molecule has 1 N–H and O–H groups in total. The molecular formula is C18H14ClF3N4O4. The van der Waals surface area contributed by atoms with E-state index in [2.05, 4.69) is 15.0 Å². The first-order valence-electron chi connectivity index (χ1n) is 8.42. The summed E-state index contributed by atoms with van der Waals surface area (Å²) in [6, 6.07) is 6.22. The maximum atomic E-state index is 13.1. The van der Waals surface area contributed by atoms with E-state index in [0.717, 1.165) is 28.0 Å². The SMILES string of the molecule is CC(=O)OCC(=O)Nc1ccc2ncn(Cc3ccc(Cl)c(C(F)(F)F)c3)c(=O)n12. The van der Waals surface area contributed by atoms with Crippen molar-refractivity contribution in [2.45, 2.75) is 19.6 Å². The Kier molecular flexibility index (Phi) is 5.83. The average Bonchev–Trinajstić information content (AvgIpc) is 3.06. The van der Waals surface area contributed by atoms with E-state index in [4.69, 9.17) is 11.6 Å². The number of amides is 1. The van der Waals surface area contributed by atoms with Crippen LogP contribution in [0.1, 0.15) is 18.1 Å². The van der Waals surface area contributed by atoms with E-state index in [9.17, 15) is 27.6 Å². The zero-order valence-corrected chi connectivity index (χ0v) is 16.1. The third-order valence-corrected chi connectivity index (χ3v) is 4.32. The number of nitrogens with one attached hydrogen (secondary N) is 1. The molecule has 0 radical (unpaired) electrons. The Morgan fingerprint density at radius 2 is 1.97 bits per heavy atom. The van der Waals surface area contributed by atoms with Crippen LogP contribution in [0.5, 0.6) is 0 Å². The predicted octanol–water partition coefficient (Wildman–Crippen LogP) is 2.72. The molecule has 2 aromatic heterocycles. The Balaban J connectivity index is 1.92. The molecule has 30 heavy (non-hydrogen) atoms. The first kappa shape index (κ1) is 21.4. The molecule has 0 aliphatic rings. The first-order chi connectivity index (χ1) is 14.1. The lowest BCUT2D eigenvalue weighted by Crippen LogP contribution is -2.29. The van der Waals surface area contributed by atoms with Crippen LogP contribution in [0.15, 0.2) is 41.5 Å². The maximum absolute atomic E-state index is 13.1. The monoisotopic (exact) mass is 442 g/mol. The van der Waals surface area contributed by atoms with E-state index in [-0.39, 0.29) is 23.6 Å². The van der Waals surface area contributed by atoms with Gasteiger partial charge in [0.2, 0.25) is 0 Å². The second-order valence-electron chi connectivity index (χ2n) is 6.21. The van der Waals surface area contributed by atoms with Gasteiger partial charge >= 0.3 is 17.8 Å². The minimum absolute atomic E-state index is 0.0705. The highest BCUT2D eigenvalue weighted by molar-refractivity contribution is 6.31. The molecule has 0 aliphatic carbocycles. The first-order valence-corrected chi connectivity index (χ1v) is 8.80. The van der Waals surface area contributed by atoms with Crippen molar-refractivity contribution in [2.24, 2.45) is 0 Å². The summed E-state index contributed by atoms with van der Waals surface area (Å²) in [6.07, 6.45) is -3.45. The maximum Gasteiger partial charge on any atom is 0.417 e. The number of carbonyl (C=O) groups is 2. The lowest BCUT2D eigenvalue weighted by Gasteiger charge is -2.12. The number of aromatic nitrogens is 3. The van der Waals surface area contributed by atoms with Crippen LogP contribution < -0.4 is 11.0 Å². The van der Waals surface area contributed by atoms with Crippen molar-refractivity contribution in [1.82, 2.24) is 14.0 Å². The van der Waals surface area contributed by atoms with E-state index < -0.39 is 40.9 Å². The molecule has 3 rings (SSSR count). The number of ether oxygens (including phenoxy) is 1. The molecular weight excluding hydrogens is 429 g/mol. The van der Waals surface area contributed by atoms with Crippen molar-refractivity contribution in [2.75, 3.05) is 11.9 Å². The summed E-state index contributed by atoms with van der Waals surface area (Å²) in [4.78, 5) is 39.5. The summed E-state index contributed by atoms with van der Waals surface area (Å²) in [5.74, 6) is -1.25. The van der Waals surface area contributed by atoms with E-state index in [1.165, 1.54) is 24.5 Å². The van der Waals surface area contributed by atoms with Crippen LogP contribution >= 0.6 is 11.6 Å². The molecule has 0 saturated heterocycles. The fourth-order valence-electron chi connectivity index (χ4n) is 2.67. The fraction of sp³-hybridized carbons (Fsp3) is 0.222. The molecule has 1 amide bonds. The summed E-state index contributed by atoms with van der Waals surface area (Å²) in [7, 11) is 0. The van der Waals surface area contributed by atoms with Gasteiger partial charge in [0, 0.05) is 6.92 Å². The van der Waals surface area contributed by atoms with Gasteiger partial charge in [0.05, 0.1) is 17.1 Å². The van der Waals surface area contributed by atoms with Gasteiger partial charge in [-0.2, -0.15) is 13.2 Å². The lowest BCUT2D eigenvalue weighted by molar-refractivity contribution is -0.145. The molecule has 0 atom stereocenters. The molecule has 0 bridgehead atoms. The topological polar surface area (TPSA) is 94.7 Å². The lowest BCUT2D eigenvalue weighted by atomic mass is 10.1. The Labute approximate surface area is 171 Å². The molecule has 8 nitrogen and oxygen atoms in total. The van der Waals surface area contributed by atoms with Gasteiger partial charge in [-0.25, -0.2) is 14.2 Å². The van der Waals surface area contributed by atoms with Crippen LogP contribution in [0.3, 0.4) is 0 Å². The summed E-state index contributed by atoms with van der Waals surface area (Å²) < 4.78 is 45.9. The van der Waals surface area contributed by atoms with Crippen molar-refractivity contribution < 1.29 is 27.5 Å². The number of benzene rings is 1. The van der Waals surface area contributed by atoms with Gasteiger partial charge in [-0.3, -0.25) is 14.2 Å². The number of anilines is 1. The quantitative estimate of drug-likeness (QED) is 0.613. The van der Waals surface area contributed by atoms with Crippen molar-refractivity contribution in [3.05, 3.63) is 63.3 Å². The van der Waals surface area contributed by atoms with Gasteiger partial charge < -0.3 is 10.1 Å². The summed E-state index contributed by atoms with van der Waals surface area (Å²) in [5, 5.41) is 1.97. The standard InChI is InChI=1S/C18H14ClF3N4O4/c1-10(27)30-8-16(28)24-15-5-4-14-23-9-25(17(29)26(14)15)7-11-2-3-13(19)12(6-11)18(20,21)22/h2-6,9H,7-8H2,1H3,(H,24,28). The molecule has 158 valence electrons. The summed E-state index contributed by atoms with van der Waals surface area (Å²) in [6.45, 7) is 0.395. The minimum atomic E-state index is -4.64. The summed E-state index contributed by atoms with van der Waals surface area (Å²) >= 11 is 5.62. The van der Waals surface area contributed by atoms with Crippen LogP contribution in [0, 0.1) is 0 Å². The van der Waals surface area contributed by atoms with Gasteiger partial charge in [-0.1, -0.05) is 17.7 Å². The number of esters is 1. The molecule has 0 aliphatic heterocycles. The molecule has 0 spiro atoms. The van der Waals surface area contributed by atoms with Crippen LogP contribution in [0.2, 0.25) is 5.02 Å². The molecule has 3 aromatic rings. The number of alkyl halides is 3. The Bertz CT molecular complexity index is 1190. The van der Waals surface area contributed by atoms with Crippen molar-refractivity contribution >= 4 is 34.9 Å². The Hall–Kier alpha value is -3.34. The van der Waals surface area contributed by atoms with E-state index in [0.29, 0.717) is 0 Å². The van der Waals surface area contributed by atoms with Gasteiger partial charge in [-0.05, 0) is 29.8 Å². The van der Waals surface area contributed by atoms with Gasteiger partial charge in [0.15, 0.2) is 6.61 Å². The van der Waals surface area contributed by atoms with E-state index in [1.54, 1.807) is 0 Å². The molecule has 0 fully saturated rings. The highest BCUT2D eigenvalue weighted by Crippen LogP contribution is 2.35. The fourth-order valence-corrected chi connectivity index (χ4v) is 2.90. The van der Waals surface area contributed by atoms with Crippen molar-refractivity contribution in [3.63, 3.8) is 0 Å². The highest BCUT2D eigenvalue weighted by atomic mass is 35.5. The van der Waals surface area contributed by atoms with Crippen molar-refractivity contribution in [1.29, 1.82) is 0 Å². The third-order valence-electron chi connectivity index (χ3n) is 3.99. The molecule has 2 heterocycles. The average molecular weight is 443 g/mol. The van der Waals surface area contributed by atoms with Crippen LogP contribution in [0.4, 0.5) is 19.0 Å². The smallest absolute Gasteiger partial charge is 0.417 e. The zero-order chi connectivity index (χ0) is 22.1. The zero-order valence-electron chi connectivity index (χ0n) is 15.4. The van der Waals surface area contributed by atoms with Crippen LogP contribution in [-0.4, -0.2) is 32.4 Å². The molecule has 1 aromatic carbocycles. The number of carbonyl (C=O) groups excluding carboxylic acids is 2. The second kappa shape index (κ2) is 8.19. The molecule has 0 saturated carbocycles. The number of fused-ring (bicyclic) bond motifs is 1. The van der Waals surface area contributed by atoms with Crippen LogP contribution in [-0.2, 0) is 27.0 Å². The summed E-state index contributed by atoms with van der Waals surface area (Å²) in [5.41, 5.74) is -1.26. The van der Waals surface area contributed by atoms with E-state index >= 15 is 0 Å². The number of rotatable bonds is 5. The minimum Gasteiger partial charge on any atom is -0.456 e. The van der Waals surface area contributed by atoms with Gasteiger partial charge in [0.25, 0.3) is 5.91 Å². The second-order valence-corrected chi connectivity index (χ2v) is 6.61. The predicted molar refractivity (Wildman–Crippen MR) is 100 cm³/mol. The van der Waals surface area contributed by atoms with E-state index in [1.807, 2.05) is 0 Å².